The Morgan fingerprint density at radius 2 is 2.10 bits per heavy atom. The van der Waals surface area contributed by atoms with Gasteiger partial charge in [-0.3, -0.25) is 9.97 Å². The minimum absolute atomic E-state index is 0.749. The third kappa shape index (κ3) is 2.65. The second-order valence-electron chi connectivity index (χ2n) is 4.66. The standard InChI is InChI=1S/C16H14BrN3/c1-11-8-15(19-10-12-4-3-7-18-9-12)13-5-2-6-14(17)16(13)20-11/h2-9H,10H2,1H3,(H,19,20). The van der Waals surface area contributed by atoms with E-state index in [9.17, 15) is 0 Å². The molecule has 3 rings (SSSR count). The third-order valence-corrected chi connectivity index (χ3v) is 3.76. The number of para-hydroxylation sites is 1. The van der Waals surface area contributed by atoms with E-state index in [4.69, 9.17) is 0 Å². The second kappa shape index (κ2) is 5.59. The normalized spacial score (nSPS) is 10.7. The minimum atomic E-state index is 0.749. The number of aryl methyl sites for hydroxylation is 1. The molecule has 0 aliphatic rings. The molecule has 0 fully saturated rings. The molecule has 1 aromatic carbocycles. The van der Waals surface area contributed by atoms with Crippen LogP contribution in [-0.2, 0) is 6.54 Å². The van der Waals surface area contributed by atoms with E-state index in [1.807, 2.05) is 31.3 Å². The molecule has 100 valence electrons. The molecular formula is C16H14BrN3. The van der Waals surface area contributed by atoms with Gasteiger partial charge in [0.2, 0.25) is 0 Å². The predicted molar refractivity (Wildman–Crippen MR) is 85.7 cm³/mol. The van der Waals surface area contributed by atoms with Crippen LogP contribution in [0.5, 0.6) is 0 Å². The fourth-order valence-electron chi connectivity index (χ4n) is 2.19. The number of rotatable bonds is 3. The van der Waals surface area contributed by atoms with E-state index in [2.05, 4.69) is 49.4 Å². The van der Waals surface area contributed by atoms with Gasteiger partial charge in [-0.1, -0.05) is 18.2 Å². The van der Waals surface area contributed by atoms with Crippen molar-refractivity contribution in [2.45, 2.75) is 13.5 Å². The number of anilines is 1. The molecule has 1 N–H and O–H groups in total. The molecule has 0 unspecified atom stereocenters. The maximum atomic E-state index is 4.59. The Hall–Kier alpha value is -1.94. The lowest BCUT2D eigenvalue weighted by molar-refractivity contribution is 1.11. The van der Waals surface area contributed by atoms with Crippen molar-refractivity contribution in [3.8, 4) is 0 Å². The molecule has 20 heavy (non-hydrogen) atoms. The molecule has 0 atom stereocenters. The van der Waals surface area contributed by atoms with Gasteiger partial charge >= 0.3 is 0 Å². The Morgan fingerprint density at radius 3 is 2.90 bits per heavy atom. The quantitative estimate of drug-likeness (QED) is 0.778. The van der Waals surface area contributed by atoms with Crippen LogP contribution in [0.4, 0.5) is 5.69 Å². The Bertz CT molecular complexity index is 741. The molecule has 3 aromatic rings. The molecule has 2 heterocycles. The lowest BCUT2D eigenvalue weighted by Crippen LogP contribution is -2.01. The van der Waals surface area contributed by atoms with Crippen LogP contribution < -0.4 is 5.32 Å². The van der Waals surface area contributed by atoms with Gasteiger partial charge in [0.05, 0.1) is 5.52 Å². The summed E-state index contributed by atoms with van der Waals surface area (Å²) >= 11 is 3.56. The van der Waals surface area contributed by atoms with Crippen LogP contribution in [0.2, 0.25) is 0 Å². The average Bonchev–Trinajstić information content (AvgIpc) is 2.47. The number of fused-ring (bicyclic) bond motifs is 1. The van der Waals surface area contributed by atoms with Crippen LogP contribution in [-0.4, -0.2) is 9.97 Å². The molecule has 2 aromatic heterocycles. The van der Waals surface area contributed by atoms with Gasteiger partial charge in [-0.05, 0) is 46.6 Å². The Morgan fingerprint density at radius 1 is 1.20 bits per heavy atom. The van der Waals surface area contributed by atoms with Crippen LogP contribution >= 0.6 is 15.9 Å². The van der Waals surface area contributed by atoms with E-state index in [0.29, 0.717) is 0 Å². The number of aromatic nitrogens is 2. The molecular weight excluding hydrogens is 314 g/mol. The van der Waals surface area contributed by atoms with Crippen molar-refractivity contribution in [3.05, 3.63) is 64.5 Å². The second-order valence-corrected chi connectivity index (χ2v) is 5.52. The summed E-state index contributed by atoms with van der Waals surface area (Å²) in [6, 6.07) is 12.2. The van der Waals surface area contributed by atoms with E-state index in [1.54, 1.807) is 6.20 Å². The summed E-state index contributed by atoms with van der Waals surface area (Å²) < 4.78 is 1.02. The molecule has 0 spiro atoms. The monoisotopic (exact) mass is 327 g/mol. The van der Waals surface area contributed by atoms with E-state index in [1.165, 1.54) is 0 Å². The minimum Gasteiger partial charge on any atom is -0.380 e. The lowest BCUT2D eigenvalue weighted by atomic mass is 10.1. The number of nitrogens with one attached hydrogen (secondary N) is 1. The first-order valence-corrected chi connectivity index (χ1v) is 7.22. The first-order valence-electron chi connectivity index (χ1n) is 6.43. The SMILES string of the molecule is Cc1cc(NCc2cccnc2)c2cccc(Br)c2n1. The van der Waals surface area contributed by atoms with Crippen molar-refractivity contribution < 1.29 is 0 Å². The number of hydrogen-bond acceptors (Lipinski definition) is 3. The summed E-state index contributed by atoms with van der Waals surface area (Å²) in [7, 11) is 0. The molecule has 0 saturated carbocycles. The summed E-state index contributed by atoms with van der Waals surface area (Å²) in [5, 5.41) is 4.59. The maximum Gasteiger partial charge on any atom is 0.0867 e. The van der Waals surface area contributed by atoms with Gasteiger partial charge in [0.1, 0.15) is 0 Å². The summed E-state index contributed by atoms with van der Waals surface area (Å²) in [6.45, 7) is 2.76. The van der Waals surface area contributed by atoms with Crippen molar-refractivity contribution in [1.82, 2.24) is 9.97 Å². The molecule has 0 aliphatic carbocycles. The largest absolute Gasteiger partial charge is 0.380 e. The lowest BCUT2D eigenvalue weighted by Gasteiger charge is -2.11. The van der Waals surface area contributed by atoms with Crippen LogP contribution in [0.1, 0.15) is 11.3 Å². The molecule has 0 amide bonds. The smallest absolute Gasteiger partial charge is 0.0867 e. The summed E-state index contributed by atoms with van der Waals surface area (Å²) in [5.41, 5.74) is 4.24. The molecule has 4 heteroatoms. The number of nitrogens with zero attached hydrogens (tertiary/aromatic N) is 2. The van der Waals surface area contributed by atoms with Crippen LogP contribution in [0.3, 0.4) is 0 Å². The Balaban J connectivity index is 1.97. The maximum absolute atomic E-state index is 4.59. The number of halogens is 1. The zero-order valence-corrected chi connectivity index (χ0v) is 12.7. The average molecular weight is 328 g/mol. The molecule has 0 radical (unpaired) electrons. The molecule has 0 saturated heterocycles. The van der Waals surface area contributed by atoms with Crippen molar-refractivity contribution in [3.63, 3.8) is 0 Å². The molecule has 0 bridgehead atoms. The highest BCUT2D eigenvalue weighted by molar-refractivity contribution is 9.10. The van der Waals surface area contributed by atoms with Gasteiger partial charge < -0.3 is 5.32 Å². The fourth-order valence-corrected chi connectivity index (χ4v) is 2.64. The number of hydrogen-bond donors (Lipinski definition) is 1. The van der Waals surface area contributed by atoms with Crippen molar-refractivity contribution in [2.24, 2.45) is 0 Å². The highest BCUT2D eigenvalue weighted by atomic mass is 79.9. The van der Waals surface area contributed by atoms with Gasteiger partial charge in [0, 0.05) is 40.2 Å². The zero-order valence-electron chi connectivity index (χ0n) is 11.1. The summed E-state index contributed by atoms with van der Waals surface area (Å²) in [6.07, 6.45) is 3.66. The third-order valence-electron chi connectivity index (χ3n) is 3.12. The zero-order chi connectivity index (χ0) is 13.9. The van der Waals surface area contributed by atoms with Gasteiger partial charge in [0.25, 0.3) is 0 Å². The van der Waals surface area contributed by atoms with E-state index in [-0.39, 0.29) is 0 Å². The van der Waals surface area contributed by atoms with Crippen LogP contribution in [0.25, 0.3) is 10.9 Å². The Kier molecular flexibility index (Phi) is 3.65. The number of pyridine rings is 2. The number of benzene rings is 1. The highest BCUT2D eigenvalue weighted by Gasteiger charge is 2.06. The van der Waals surface area contributed by atoms with Crippen LogP contribution in [0.15, 0.2) is 53.3 Å². The Labute approximate surface area is 126 Å². The van der Waals surface area contributed by atoms with E-state index >= 15 is 0 Å². The topological polar surface area (TPSA) is 37.8 Å². The molecule has 3 nitrogen and oxygen atoms in total. The van der Waals surface area contributed by atoms with Crippen molar-refractivity contribution >= 4 is 32.5 Å². The van der Waals surface area contributed by atoms with E-state index in [0.717, 1.165) is 38.9 Å². The van der Waals surface area contributed by atoms with Gasteiger partial charge in [-0.15, -0.1) is 0 Å². The molecule has 0 aliphatic heterocycles. The van der Waals surface area contributed by atoms with Gasteiger partial charge in [0.15, 0.2) is 0 Å². The van der Waals surface area contributed by atoms with Crippen molar-refractivity contribution in [1.29, 1.82) is 0 Å². The summed E-state index contributed by atoms with van der Waals surface area (Å²) in [5.74, 6) is 0. The van der Waals surface area contributed by atoms with E-state index < -0.39 is 0 Å². The fraction of sp³-hybridized carbons (Fsp3) is 0.125. The first-order chi connectivity index (χ1) is 9.74. The van der Waals surface area contributed by atoms with Crippen LogP contribution in [0, 0.1) is 6.92 Å². The van der Waals surface area contributed by atoms with Crippen molar-refractivity contribution in [2.75, 3.05) is 5.32 Å². The first kappa shape index (κ1) is 13.1. The van der Waals surface area contributed by atoms with Gasteiger partial charge in [-0.2, -0.15) is 0 Å². The summed E-state index contributed by atoms with van der Waals surface area (Å²) in [4.78, 5) is 8.72. The predicted octanol–water partition coefficient (Wildman–Crippen LogP) is 4.31. The van der Waals surface area contributed by atoms with Gasteiger partial charge in [-0.25, -0.2) is 0 Å². The highest BCUT2D eigenvalue weighted by Crippen LogP contribution is 2.28.